The van der Waals surface area contributed by atoms with Crippen LogP contribution in [-0.2, 0) is 34.3 Å². The monoisotopic (exact) mass is 866 g/mol. The number of hydrogen-bond donors (Lipinski definition) is 6. The maximum Gasteiger partial charge on any atom is 0.261 e. The Hall–Kier alpha value is -6.74. The van der Waals surface area contributed by atoms with Crippen LogP contribution in [0.3, 0.4) is 0 Å². The first-order valence-electron chi connectivity index (χ1n) is 18.9. The zero-order valence-electron chi connectivity index (χ0n) is 33.1. The van der Waals surface area contributed by atoms with E-state index < -0.39 is 31.9 Å². The lowest BCUT2D eigenvalue weighted by atomic mass is 10.1. The molecule has 0 saturated carbocycles. The summed E-state index contributed by atoms with van der Waals surface area (Å²) in [5.74, 6) is -0.955. The van der Waals surface area contributed by atoms with E-state index in [0.29, 0.717) is 32.9 Å². The van der Waals surface area contributed by atoms with Gasteiger partial charge >= 0.3 is 0 Å². The first kappa shape index (κ1) is 43.8. The highest BCUT2D eigenvalue weighted by molar-refractivity contribution is 7.93. The van der Waals surface area contributed by atoms with E-state index in [1.807, 2.05) is 13.8 Å². The Morgan fingerprint density at radius 1 is 0.590 bits per heavy atom. The first-order valence-corrected chi connectivity index (χ1v) is 21.9. The van der Waals surface area contributed by atoms with E-state index in [1.54, 1.807) is 24.3 Å². The lowest BCUT2D eigenvalue weighted by molar-refractivity contribution is 0.0157. The van der Waals surface area contributed by atoms with Crippen molar-refractivity contribution in [2.45, 2.75) is 23.6 Å². The highest BCUT2D eigenvalue weighted by atomic mass is 32.2. The van der Waals surface area contributed by atoms with Gasteiger partial charge in [0, 0.05) is 47.4 Å². The van der Waals surface area contributed by atoms with E-state index in [9.17, 15) is 36.9 Å². The fourth-order valence-electron chi connectivity index (χ4n) is 6.42. The molecule has 0 spiro atoms. The maximum atomic E-state index is 13.2. The minimum atomic E-state index is -4.07. The molecule has 0 bridgehead atoms. The van der Waals surface area contributed by atoms with Gasteiger partial charge < -0.3 is 34.8 Å². The van der Waals surface area contributed by atoms with Crippen LogP contribution in [0.2, 0.25) is 0 Å². The number of H-pyrrole nitrogens is 2. The van der Waals surface area contributed by atoms with Crippen LogP contribution in [0, 0.1) is 36.5 Å². The van der Waals surface area contributed by atoms with Gasteiger partial charge in [-0.15, -0.1) is 0 Å². The molecule has 4 aromatic carbocycles. The molecular weight excluding hydrogens is 825 g/mol. The topological polar surface area (TPSA) is 257 Å². The molecule has 61 heavy (non-hydrogen) atoms. The molecule has 0 aliphatic rings. The molecule has 2 heterocycles. The molecule has 0 fully saturated rings. The largest absolute Gasteiger partial charge is 0.377 e. The predicted molar refractivity (Wildman–Crippen MR) is 227 cm³/mol. The van der Waals surface area contributed by atoms with Crippen molar-refractivity contribution in [3.63, 3.8) is 0 Å². The summed E-state index contributed by atoms with van der Waals surface area (Å²) in [5.41, 5.74) is 4.25. The highest BCUT2D eigenvalue weighted by Gasteiger charge is 2.21. The quantitative estimate of drug-likeness (QED) is 0.0567. The molecule has 0 unspecified atom stereocenters. The van der Waals surface area contributed by atoms with E-state index >= 15 is 0 Å². The van der Waals surface area contributed by atoms with Gasteiger partial charge in [0.15, 0.2) is 0 Å². The number of fused-ring (bicyclic) bond motifs is 2. The number of carbonyl (C=O) groups is 2. The first-order chi connectivity index (χ1) is 29.3. The van der Waals surface area contributed by atoms with Crippen molar-refractivity contribution in [3.05, 3.63) is 119 Å². The molecule has 0 radical (unpaired) electrons. The molecule has 6 rings (SSSR count). The van der Waals surface area contributed by atoms with Crippen LogP contribution in [0.5, 0.6) is 0 Å². The summed E-state index contributed by atoms with van der Waals surface area (Å²) >= 11 is 0. The van der Waals surface area contributed by atoms with Gasteiger partial charge in [0.25, 0.3) is 31.9 Å². The number of aromatic amines is 2. The average molecular weight is 867 g/mol. The van der Waals surface area contributed by atoms with Gasteiger partial charge in [0.2, 0.25) is 0 Å². The van der Waals surface area contributed by atoms with Crippen molar-refractivity contribution >= 4 is 65.0 Å². The van der Waals surface area contributed by atoms with Crippen molar-refractivity contribution < 1.29 is 40.6 Å². The zero-order valence-corrected chi connectivity index (χ0v) is 34.8. The summed E-state index contributed by atoms with van der Waals surface area (Å²) < 4.78 is 74.6. The van der Waals surface area contributed by atoms with Crippen LogP contribution < -0.4 is 20.1 Å². The van der Waals surface area contributed by atoms with E-state index in [2.05, 4.69) is 42.2 Å². The smallest absolute Gasteiger partial charge is 0.261 e. The van der Waals surface area contributed by atoms with Gasteiger partial charge in [-0.3, -0.25) is 19.0 Å². The number of aromatic nitrogens is 2. The van der Waals surface area contributed by atoms with Crippen molar-refractivity contribution in [1.29, 1.82) is 10.5 Å². The fraction of sp³-hybridized carbons (Fsp3) is 0.238. The van der Waals surface area contributed by atoms with Gasteiger partial charge in [-0.25, -0.2) is 16.8 Å². The molecular formula is C42H42N8O9S2. The number of nitriles is 2. The van der Waals surface area contributed by atoms with Crippen LogP contribution in [0.4, 0.5) is 11.4 Å². The summed E-state index contributed by atoms with van der Waals surface area (Å²) in [4.78, 5) is 31.2. The predicted octanol–water partition coefficient (Wildman–Crippen LogP) is 4.82. The minimum absolute atomic E-state index is 0.107. The number of aryl methyl sites for hydroxylation is 2. The molecule has 2 aromatic heterocycles. The number of amides is 2. The maximum absolute atomic E-state index is 13.2. The van der Waals surface area contributed by atoms with E-state index in [-0.39, 0.29) is 85.0 Å². The SMILES string of the molecule is Cc1ccc(NS(=O)(=O)c2cccc(C(=O)NCCOCCOCCOCCNC(=O)c3cccc(S(=O)(=O)Nc4ccc(C)c5c(C#N)c[nH]c45)c3)c2)c2[nH]cc(C#N)c12. The molecule has 6 aromatic rings. The third-order valence-electron chi connectivity index (χ3n) is 9.44. The average Bonchev–Trinajstić information content (AvgIpc) is 3.91. The van der Waals surface area contributed by atoms with Gasteiger partial charge in [0.05, 0.1) is 83.0 Å². The summed E-state index contributed by atoms with van der Waals surface area (Å²) in [7, 11) is -8.15. The molecule has 0 saturated heterocycles. The number of nitrogens with one attached hydrogen (secondary N) is 6. The van der Waals surface area contributed by atoms with E-state index in [0.717, 1.165) is 11.1 Å². The van der Waals surface area contributed by atoms with Crippen molar-refractivity contribution in [2.24, 2.45) is 0 Å². The van der Waals surface area contributed by atoms with Crippen molar-refractivity contribution in [3.8, 4) is 12.1 Å². The normalized spacial score (nSPS) is 11.5. The number of carbonyl (C=O) groups excluding carboxylic acids is 2. The minimum Gasteiger partial charge on any atom is -0.377 e. The Morgan fingerprint density at radius 3 is 1.38 bits per heavy atom. The number of hydrogen-bond acceptors (Lipinski definition) is 11. The second-order valence-electron chi connectivity index (χ2n) is 13.6. The summed E-state index contributed by atoms with van der Waals surface area (Å²) in [6.07, 6.45) is 3.04. The number of anilines is 2. The Labute approximate surface area is 352 Å². The molecule has 316 valence electrons. The van der Waals surface area contributed by atoms with Crippen LogP contribution in [0.25, 0.3) is 21.8 Å². The fourth-order valence-corrected chi connectivity index (χ4v) is 8.66. The molecule has 2 amide bonds. The third-order valence-corrected chi connectivity index (χ3v) is 12.2. The number of ether oxygens (including phenoxy) is 3. The van der Waals surface area contributed by atoms with Gasteiger partial charge in [0.1, 0.15) is 12.1 Å². The Balaban J connectivity index is 0.838. The van der Waals surface area contributed by atoms with Crippen LogP contribution in [0.1, 0.15) is 43.0 Å². The molecule has 17 nitrogen and oxygen atoms in total. The number of benzene rings is 4. The van der Waals surface area contributed by atoms with Gasteiger partial charge in [-0.2, -0.15) is 10.5 Å². The second-order valence-corrected chi connectivity index (χ2v) is 17.0. The zero-order chi connectivity index (χ0) is 43.6. The molecule has 19 heteroatoms. The van der Waals surface area contributed by atoms with Gasteiger partial charge in [-0.05, 0) is 73.5 Å². The number of nitrogens with zero attached hydrogens (tertiary/aromatic N) is 2. The highest BCUT2D eigenvalue weighted by Crippen LogP contribution is 2.31. The van der Waals surface area contributed by atoms with Gasteiger partial charge in [-0.1, -0.05) is 24.3 Å². The summed E-state index contributed by atoms with van der Waals surface area (Å²) in [6.45, 7) is 5.42. The van der Waals surface area contributed by atoms with Crippen LogP contribution in [0.15, 0.2) is 95.0 Å². The standard InChI is InChI=1S/C42H42N8O9S2/c1-27-9-11-35(39-37(27)31(23-43)25-47-39)49-60(53,54)33-7-3-5-29(21-33)41(51)45-13-15-57-17-19-59-20-18-58-16-14-46-42(52)30-6-4-8-34(22-30)61(55,56)50-36-12-10-28(2)38-32(24-44)26-48-40(36)38/h3-12,21-22,25-26,47-50H,13-20H2,1-2H3,(H,45,51)(H,46,52). The molecule has 6 N–H and O–H groups in total. The van der Waals surface area contributed by atoms with E-state index in [4.69, 9.17) is 14.2 Å². The van der Waals surface area contributed by atoms with Crippen molar-refractivity contribution in [1.82, 2.24) is 20.6 Å². The van der Waals surface area contributed by atoms with Crippen LogP contribution in [-0.4, -0.2) is 91.3 Å². The Kier molecular flexibility index (Phi) is 14.0. The van der Waals surface area contributed by atoms with Crippen molar-refractivity contribution in [2.75, 3.05) is 62.2 Å². The lowest BCUT2D eigenvalue weighted by Gasteiger charge is -2.12. The van der Waals surface area contributed by atoms with Crippen LogP contribution >= 0.6 is 0 Å². The van der Waals surface area contributed by atoms with E-state index in [1.165, 1.54) is 60.9 Å². The summed E-state index contributed by atoms with van der Waals surface area (Å²) in [6, 6.07) is 22.1. The number of rotatable bonds is 20. The Morgan fingerprint density at radius 2 is 0.984 bits per heavy atom. The Bertz CT molecular complexity index is 2700. The summed E-state index contributed by atoms with van der Waals surface area (Å²) in [5, 5.41) is 25.5. The second kappa shape index (κ2) is 19.5. The third kappa shape index (κ3) is 10.5. The lowest BCUT2D eigenvalue weighted by Crippen LogP contribution is -2.28. The molecule has 0 aliphatic heterocycles. The molecule has 0 aliphatic carbocycles. The molecule has 0 atom stereocenters. The number of sulfonamides is 2.